The SMILES string of the molecule is COC(=O)C(CC(C)C)Nc1ccc(N)c(CC#N)c1. The molecule has 108 valence electrons. The van der Waals surface area contributed by atoms with Crippen molar-refractivity contribution in [1.82, 2.24) is 0 Å². The molecule has 0 aliphatic rings. The van der Waals surface area contributed by atoms with E-state index in [1.54, 1.807) is 18.2 Å². The van der Waals surface area contributed by atoms with Gasteiger partial charge in [0.1, 0.15) is 6.04 Å². The zero-order valence-electron chi connectivity index (χ0n) is 12.1. The minimum atomic E-state index is -0.404. The fourth-order valence-corrected chi connectivity index (χ4v) is 1.96. The first-order valence-corrected chi connectivity index (χ1v) is 6.57. The summed E-state index contributed by atoms with van der Waals surface area (Å²) in [7, 11) is 1.38. The average molecular weight is 275 g/mol. The standard InChI is InChI=1S/C15H21N3O2/c1-10(2)8-14(15(19)20-3)18-12-4-5-13(17)11(9-12)6-7-16/h4-5,9-10,14,18H,6,8,17H2,1-3H3. The van der Waals surface area contributed by atoms with E-state index in [-0.39, 0.29) is 12.4 Å². The summed E-state index contributed by atoms with van der Waals surface area (Å²) in [5.41, 5.74) is 7.90. The summed E-state index contributed by atoms with van der Waals surface area (Å²) < 4.78 is 4.81. The summed E-state index contributed by atoms with van der Waals surface area (Å²) in [6, 6.07) is 7.00. The molecule has 1 aromatic rings. The van der Waals surface area contributed by atoms with Gasteiger partial charge < -0.3 is 15.8 Å². The first-order valence-electron chi connectivity index (χ1n) is 6.57. The van der Waals surface area contributed by atoms with Crippen molar-refractivity contribution in [1.29, 1.82) is 5.26 Å². The van der Waals surface area contributed by atoms with Crippen LogP contribution < -0.4 is 11.1 Å². The summed E-state index contributed by atoms with van der Waals surface area (Å²) >= 11 is 0. The highest BCUT2D eigenvalue weighted by Crippen LogP contribution is 2.20. The fourth-order valence-electron chi connectivity index (χ4n) is 1.96. The van der Waals surface area contributed by atoms with Gasteiger partial charge in [0.05, 0.1) is 19.6 Å². The number of hydrogen-bond donors (Lipinski definition) is 2. The number of nitriles is 1. The highest BCUT2D eigenvalue weighted by atomic mass is 16.5. The molecular weight excluding hydrogens is 254 g/mol. The molecule has 0 saturated carbocycles. The van der Waals surface area contributed by atoms with E-state index < -0.39 is 6.04 Å². The molecule has 1 atom stereocenters. The highest BCUT2D eigenvalue weighted by Gasteiger charge is 2.20. The van der Waals surface area contributed by atoms with Crippen molar-refractivity contribution in [3.63, 3.8) is 0 Å². The number of rotatable bonds is 6. The van der Waals surface area contributed by atoms with Gasteiger partial charge in [-0.2, -0.15) is 5.26 Å². The van der Waals surface area contributed by atoms with Gasteiger partial charge in [0, 0.05) is 11.4 Å². The summed E-state index contributed by atoms with van der Waals surface area (Å²) in [5, 5.41) is 11.9. The predicted molar refractivity (Wildman–Crippen MR) is 79.1 cm³/mol. The number of methoxy groups -OCH3 is 1. The maximum absolute atomic E-state index is 11.8. The Morgan fingerprint density at radius 1 is 1.50 bits per heavy atom. The lowest BCUT2D eigenvalue weighted by Gasteiger charge is -2.20. The smallest absolute Gasteiger partial charge is 0.328 e. The van der Waals surface area contributed by atoms with Gasteiger partial charge in [0.2, 0.25) is 0 Å². The van der Waals surface area contributed by atoms with Gasteiger partial charge in [0.25, 0.3) is 0 Å². The number of nitrogens with one attached hydrogen (secondary N) is 1. The lowest BCUT2D eigenvalue weighted by atomic mass is 10.0. The molecule has 1 rings (SSSR count). The van der Waals surface area contributed by atoms with Crippen molar-refractivity contribution >= 4 is 17.3 Å². The number of ether oxygens (including phenoxy) is 1. The van der Waals surface area contributed by atoms with E-state index >= 15 is 0 Å². The van der Waals surface area contributed by atoms with Crippen LogP contribution in [0.15, 0.2) is 18.2 Å². The Balaban J connectivity index is 2.90. The Bertz CT molecular complexity index is 506. The van der Waals surface area contributed by atoms with Crippen molar-refractivity contribution in [2.75, 3.05) is 18.2 Å². The van der Waals surface area contributed by atoms with Crippen molar-refractivity contribution in [2.45, 2.75) is 32.7 Å². The zero-order valence-corrected chi connectivity index (χ0v) is 12.1. The van der Waals surface area contributed by atoms with Gasteiger partial charge >= 0.3 is 5.97 Å². The van der Waals surface area contributed by atoms with Crippen molar-refractivity contribution in [3.05, 3.63) is 23.8 Å². The van der Waals surface area contributed by atoms with E-state index in [4.69, 9.17) is 15.7 Å². The van der Waals surface area contributed by atoms with Crippen LogP contribution in [0.4, 0.5) is 11.4 Å². The number of nitrogen functional groups attached to an aromatic ring is 1. The Morgan fingerprint density at radius 2 is 2.20 bits per heavy atom. The second kappa shape index (κ2) is 7.39. The molecule has 0 bridgehead atoms. The van der Waals surface area contributed by atoms with Gasteiger partial charge in [-0.25, -0.2) is 4.79 Å². The largest absolute Gasteiger partial charge is 0.467 e. The lowest BCUT2D eigenvalue weighted by Crippen LogP contribution is -2.32. The molecule has 0 spiro atoms. The minimum Gasteiger partial charge on any atom is -0.467 e. The molecule has 0 radical (unpaired) electrons. The van der Waals surface area contributed by atoms with Crippen molar-refractivity contribution in [3.8, 4) is 6.07 Å². The van der Waals surface area contributed by atoms with Crippen LogP contribution in [0.3, 0.4) is 0 Å². The van der Waals surface area contributed by atoms with Crippen molar-refractivity contribution < 1.29 is 9.53 Å². The van der Waals surface area contributed by atoms with E-state index in [1.807, 2.05) is 13.8 Å². The molecule has 0 aromatic heterocycles. The number of nitrogens with two attached hydrogens (primary N) is 1. The maximum Gasteiger partial charge on any atom is 0.328 e. The first-order chi connectivity index (χ1) is 9.47. The predicted octanol–water partition coefficient (Wildman–Crippen LogP) is 2.33. The molecule has 0 aliphatic heterocycles. The van der Waals surface area contributed by atoms with E-state index in [2.05, 4.69) is 11.4 Å². The molecule has 0 heterocycles. The third-order valence-corrected chi connectivity index (χ3v) is 2.95. The normalized spacial score (nSPS) is 11.8. The summed E-state index contributed by atoms with van der Waals surface area (Å²) in [6.45, 7) is 4.09. The molecule has 5 nitrogen and oxygen atoms in total. The second-order valence-electron chi connectivity index (χ2n) is 5.10. The Kier molecular flexibility index (Phi) is 5.85. The molecule has 20 heavy (non-hydrogen) atoms. The summed E-state index contributed by atoms with van der Waals surface area (Å²) in [4.78, 5) is 11.8. The third kappa shape index (κ3) is 4.47. The molecule has 0 aliphatic carbocycles. The van der Waals surface area contributed by atoms with Crippen LogP contribution in [0.2, 0.25) is 0 Å². The van der Waals surface area contributed by atoms with Crippen LogP contribution >= 0.6 is 0 Å². The van der Waals surface area contributed by atoms with Gasteiger partial charge in [-0.05, 0) is 36.1 Å². The quantitative estimate of drug-likeness (QED) is 0.614. The number of benzene rings is 1. The Morgan fingerprint density at radius 3 is 2.75 bits per heavy atom. The number of esters is 1. The average Bonchev–Trinajstić information content (AvgIpc) is 2.40. The van der Waals surface area contributed by atoms with Gasteiger partial charge in [-0.1, -0.05) is 13.8 Å². The van der Waals surface area contributed by atoms with Crippen LogP contribution in [-0.4, -0.2) is 19.1 Å². The number of carbonyl (C=O) groups excluding carboxylic acids is 1. The number of anilines is 2. The molecule has 3 N–H and O–H groups in total. The topological polar surface area (TPSA) is 88.1 Å². The first kappa shape index (κ1) is 15.8. The summed E-state index contributed by atoms with van der Waals surface area (Å²) in [5.74, 6) is 0.0660. The van der Waals surface area contributed by atoms with E-state index in [1.165, 1.54) is 7.11 Å². The fraction of sp³-hybridized carbons (Fsp3) is 0.467. The molecule has 5 heteroatoms. The van der Waals surface area contributed by atoms with Crippen LogP contribution in [0.5, 0.6) is 0 Å². The number of hydrogen-bond acceptors (Lipinski definition) is 5. The molecule has 1 unspecified atom stereocenters. The zero-order chi connectivity index (χ0) is 15.1. The van der Waals surface area contributed by atoms with Crippen molar-refractivity contribution in [2.24, 2.45) is 5.92 Å². The highest BCUT2D eigenvalue weighted by molar-refractivity contribution is 5.79. The van der Waals surface area contributed by atoms with E-state index in [0.717, 1.165) is 11.3 Å². The van der Waals surface area contributed by atoms with Gasteiger partial charge in [-0.3, -0.25) is 0 Å². The van der Waals surface area contributed by atoms with Crippen LogP contribution in [0.25, 0.3) is 0 Å². The van der Waals surface area contributed by atoms with Crippen LogP contribution in [0, 0.1) is 17.2 Å². The molecule has 0 fully saturated rings. The Hall–Kier alpha value is -2.22. The lowest BCUT2D eigenvalue weighted by molar-refractivity contribution is -0.141. The Labute approximate surface area is 119 Å². The minimum absolute atomic E-state index is 0.244. The molecule has 1 aromatic carbocycles. The number of nitrogens with zero attached hydrogens (tertiary/aromatic N) is 1. The molecule has 0 saturated heterocycles. The van der Waals surface area contributed by atoms with Crippen LogP contribution in [0.1, 0.15) is 25.8 Å². The third-order valence-electron chi connectivity index (χ3n) is 2.95. The second-order valence-corrected chi connectivity index (χ2v) is 5.10. The van der Waals surface area contributed by atoms with Crippen LogP contribution in [-0.2, 0) is 16.0 Å². The molecular formula is C15H21N3O2. The van der Waals surface area contributed by atoms with Gasteiger partial charge in [-0.15, -0.1) is 0 Å². The molecule has 0 amide bonds. The monoisotopic (exact) mass is 275 g/mol. The van der Waals surface area contributed by atoms with E-state index in [0.29, 0.717) is 18.0 Å². The van der Waals surface area contributed by atoms with Gasteiger partial charge in [0.15, 0.2) is 0 Å². The van der Waals surface area contributed by atoms with E-state index in [9.17, 15) is 4.79 Å². The summed E-state index contributed by atoms with van der Waals surface area (Å²) in [6.07, 6.45) is 0.916. The number of carbonyl (C=O) groups is 1. The maximum atomic E-state index is 11.8.